The Labute approximate surface area is 120 Å². The molecular formula is C15H24N4O. The van der Waals surface area contributed by atoms with Gasteiger partial charge >= 0.3 is 0 Å². The Balaban J connectivity index is 1.78. The largest absolute Gasteiger partial charge is 0.378 e. The molecule has 1 aliphatic rings. The Kier molecular flexibility index (Phi) is 5.24. The van der Waals surface area contributed by atoms with Crippen molar-refractivity contribution in [3.8, 4) is 0 Å². The van der Waals surface area contributed by atoms with Crippen LogP contribution < -0.4 is 16.0 Å². The van der Waals surface area contributed by atoms with Gasteiger partial charge in [-0.05, 0) is 30.5 Å². The van der Waals surface area contributed by atoms with Gasteiger partial charge in [0.1, 0.15) is 0 Å². The standard InChI is InChI=1S/C15H24N4O/c1-19(2)13-7-5-12(6-8-13)10-17-15(16)18-11-14-4-3-9-20-14/h5-8,14H,3-4,9-11H2,1-2H3,(H3,16,17,18). The van der Waals surface area contributed by atoms with Crippen molar-refractivity contribution in [2.24, 2.45) is 10.7 Å². The van der Waals surface area contributed by atoms with E-state index in [1.807, 2.05) is 14.1 Å². The number of nitrogens with one attached hydrogen (secondary N) is 1. The van der Waals surface area contributed by atoms with Crippen LogP contribution in [-0.4, -0.2) is 39.3 Å². The minimum absolute atomic E-state index is 0.281. The van der Waals surface area contributed by atoms with E-state index in [2.05, 4.69) is 39.5 Å². The van der Waals surface area contributed by atoms with E-state index in [0.717, 1.165) is 31.6 Å². The zero-order valence-corrected chi connectivity index (χ0v) is 12.3. The van der Waals surface area contributed by atoms with Crippen LogP contribution in [0.5, 0.6) is 0 Å². The van der Waals surface area contributed by atoms with Crippen molar-refractivity contribution >= 4 is 11.6 Å². The maximum atomic E-state index is 5.85. The van der Waals surface area contributed by atoms with Crippen LogP contribution in [0, 0.1) is 0 Å². The number of anilines is 1. The summed E-state index contributed by atoms with van der Waals surface area (Å²) in [6, 6.07) is 8.32. The molecule has 1 aliphatic heterocycles. The van der Waals surface area contributed by atoms with Gasteiger partial charge in [-0.2, -0.15) is 0 Å². The maximum absolute atomic E-state index is 5.85. The van der Waals surface area contributed by atoms with Gasteiger partial charge in [-0.25, -0.2) is 4.99 Å². The fraction of sp³-hybridized carbons (Fsp3) is 0.533. The second-order valence-electron chi connectivity index (χ2n) is 5.28. The van der Waals surface area contributed by atoms with Gasteiger partial charge in [0.2, 0.25) is 0 Å². The molecule has 0 bridgehead atoms. The lowest BCUT2D eigenvalue weighted by molar-refractivity contribution is 0.114. The molecule has 1 aromatic rings. The smallest absolute Gasteiger partial charge is 0.189 e. The first kappa shape index (κ1) is 14.7. The van der Waals surface area contributed by atoms with Crippen LogP contribution in [-0.2, 0) is 11.3 Å². The van der Waals surface area contributed by atoms with E-state index >= 15 is 0 Å². The molecule has 1 fully saturated rings. The number of nitrogens with two attached hydrogens (primary N) is 1. The summed E-state index contributed by atoms with van der Waals surface area (Å²) in [5.74, 6) is 0.484. The van der Waals surface area contributed by atoms with Crippen molar-refractivity contribution in [2.45, 2.75) is 25.5 Å². The molecule has 0 spiro atoms. The van der Waals surface area contributed by atoms with Crippen LogP contribution in [0.15, 0.2) is 29.3 Å². The zero-order valence-electron chi connectivity index (χ0n) is 12.3. The Morgan fingerprint density at radius 2 is 2.15 bits per heavy atom. The molecule has 0 amide bonds. The average Bonchev–Trinajstić information content (AvgIpc) is 2.96. The summed E-state index contributed by atoms with van der Waals surface area (Å²) in [5.41, 5.74) is 8.19. The van der Waals surface area contributed by atoms with Crippen molar-refractivity contribution in [1.29, 1.82) is 0 Å². The Morgan fingerprint density at radius 1 is 1.40 bits per heavy atom. The number of guanidine groups is 1. The number of aliphatic imine (C=N–C) groups is 1. The van der Waals surface area contributed by atoms with Gasteiger partial charge in [0.25, 0.3) is 0 Å². The quantitative estimate of drug-likeness (QED) is 0.629. The van der Waals surface area contributed by atoms with Crippen molar-refractivity contribution in [1.82, 2.24) is 5.32 Å². The molecule has 20 heavy (non-hydrogen) atoms. The summed E-state index contributed by atoms with van der Waals surface area (Å²) >= 11 is 0. The molecule has 0 saturated carbocycles. The number of ether oxygens (including phenoxy) is 1. The Morgan fingerprint density at radius 3 is 2.75 bits per heavy atom. The van der Waals surface area contributed by atoms with E-state index < -0.39 is 0 Å². The summed E-state index contributed by atoms with van der Waals surface area (Å²) in [4.78, 5) is 6.42. The van der Waals surface area contributed by atoms with E-state index in [9.17, 15) is 0 Å². The second-order valence-corrected chi connectivity index (χ2v) is 5.28. The van der Waals surface area contributed by atoms with E-state index in [4.69, 9.17) is 10.5 Å². The predicted octanol–water partition coefficient (Wildman–Crippen LogP) is 1.34. The van der Waals surface area contributed by atoms with Crippen LogP contribution in [0.4, 0.5) is 5.69 Å². The fourth-order valence-corrected chi connectivity index (χ4v) is 2.16. The summed E-state index contributed by atoms with van der Waals surface area (Å²) < 4.78 is 5.52. The predicted molar refractivity (Wildman–Crippen MR) is 83.1 cm³/mol. The fourth-order valence-electron chi connectivity index (χ4n) is 2.16. The van der Waals surface area contributed by atoms with Gasteiger partial charge < -0.3 is 20.7 Å². The first-order chi connectivity index (χ1) is 9.65. The topological polar surface area (TPSA) is 62.9 Å². The lowest BCUT2D eigenvalue weighted by atomic mass is 10.2. The summed E-state index contributed by atoms with van der Waals surface area (Å²) in [5, 5.41) is 3.12. The highest BCUT2D eigenvalue weighted by Crippen LogP contribution is 2.13. The molecule has 0 aromatic heterocycles. The molecule has 5 nitrogen and oxygen atoms in total. The SMILES string of the molecule is CN(C)c1ccc(CN=C(N)NCC2CCCO2)cc1. The molecule has 110 valence electrons. The number of hydrogen-bond acceptors (Lipinski definition) is 3. The lowest BCUT2D eigenvalue weighted by Crippen LogP contribution is -2.37. The van der Waals surface area contributed by atoms with Crippen molar-refractivity contribution in [3.63, 3.8) is 0 Å². The van der Waals surface area contributed by atoms with Gasteiger partial charge in [-0.1, -0.05) is 12.1 Å². The third kappa shape index (κ3) is 4.42. The molecule has 5 heteroatoms. The average molecular weight is 276 g/mol. The molecule has 2 rings (SSSR count). The van der Waals surface area contributed by atoms with Gasteiger partial charge in [0.05, 0.1) is 12.6 Å². The maximum Gasteiger partial charge on any atom is 0.189 e. The highest BCUT2D eigenvalue weighted by molar-refractivity contribution is 5.77. The number of benzene rings is 1. The number of nitrogens with zero attached hydrogens (tertiary/aromatic N) is 2. The van der Waals surface area contributed by atoms with Gasteiger partial charge in [-0.15, -0.1) is 0 Å². The third-order valence-corrected chi connectivity index (χ3v) is 3.42. The normalized spacial score (nSPS) is 19.1. The van der Waals surface area contributed by atoms with E-state index in [1.165, 1.54) is 5.69 Å². The molecular weight excluding hydrogens is 252 g/mol. The molecule has 3 N–H and O–H groups in total. The monoisotopic (exact) mass is 276 g/mol. The van der Waals surface area contributed by atoms with E-state index in [1.54, 1.807) is 0 Å². The Bertz CT molecular complexity index is 436. The summed E-state index contributed by atoms with van der Waals surface area (Å²) in [6.45, 7) is 2.20. The minimum Gasteiger partial charge on any atom is -0.378 e. The molecule has 0 radical (unpaired) electrons. The van der Waals surface area contributed by atoms with Crippen LogP contribution >= 0.6 is 0 Å². The first-order valence-corrected chi connectivity index (χ1v) is 7.07. The molecule has 1 heterocycles. The van der Waals surface area contributed by atoms with Crippen molar-refractivity contribution in [3.05, 3.63) is 29.8 Å². The first-order valence-electron chi connectivity index (χ1n) is 7.07. The zero-order chi connectivity index (χ0) is 14.4. The van der Waals surface area contributed by atoms with Gasteiger partial charge in [0, 0.05) is 32.9 Å². The molecule has 1 aromatic carbocycles. The summed E-state index contributed by atoms with van der Waals surface area (Å²) in [6.07, 6.45) is 2.52. The number of hydrogen-bond donors (Lipinski definition) is 2. The lowest BCUT2D eigenvalue weighted by Gasteiger charge is -2.12. The highest BCUT2D eigenvalue weighted by Gasteiger charge is 2.14. The van der Waals surface area contributed by atoms with Crippen LogP contribution in [0.25, 0.3) is 0 Å². The van der Waals surface area contributed by atoms with Crippen molar-refractivity contribution < 1.29 is 4.74 Å². The van der Waals surface area contributed by atoms with Crippen LogP contribution in [0.1, 0.15) is 18.4 Å². The van der Waals surface area contributed by atoms with Crippen LogP contribution in [0.3, 0.4) is 0 Å². The number of rotatable bonds is 5. The highest BCUT2D eigenvalue weighted by atomic mass is 16.5. The molecule has 0 aliphatic carbocycles. The van der Waals surface area contributed by atoms with Gasteiger partial charge in [0.15, 0.2) is 5.96 Å². The Hall–Kier alpha value is -1.75. The minimum atomic E-state index is 0.281. The molecule has 1 unspecified atom stereocenters. The van der Waals surface area contributed by atoms with Gasteiger partial charge in [-0.3, -0.25) is 0 Å². The summed E-state index contributed by atoms with van der Waals surface area (Å²) in [7, 11) is 4.06. The second kappa shape index (κ2) is 7.14. The van der Waals surface area contributed by atoms with E-state index in [-0.39, 0.29) is 6.10 Å². The third-order valence-electron chi connectivity index (χ3n) is 3.42. The molecule has 1 saturated heterocycles. The molecule has 1 atom stereocenters. The van der Waals surface area contributed by atoms with Crippen LogP contribution in [0.2, 0.25) is 0 Å². The van der Waals surface area contributed by atoms with Crippen molar-refractivity contribution in [2.75, 3.05) is 32.1 Å². The van der Waals surface area contributed by atoms with E-state index in [0.29, 0.717) is 12.5 Å².